The van der Waals surface area contributed by atoms with Crippen LogP contribution in [0.1, 0.15) is 12.8 Å². The topological polar surface area (TPSA) is 58.6 Å². The van der Waals surface area contributed by atoms with Gasteiger partial charge in [0.2, 0.25) is 0 Å². The van der Waals surface area contributed by atoms with Crippen LogP contribution in [0.15, 0.2) is 0 Å². The van der Waals surface area contributed by atoms with E-state index < -0.39 is 0 Å². The van der Waals surface area contributed by atoms with Gasteiger partial charge in [-0.3, -0.25) is 4.79 Å². The SMILES string of the molecule is COC(=O)C1C[C@H](O)CCN1. The maximum atomic E-state index is 10.9. The van der Waals surface area contributed by atoms with Crippen molar-refractivity contribution in [3.63, 3.8) is 0 Å². The Bertz CT molecular complexity index is 149. The van der Waals surface area contributed by atoms with Crippen molar-refractivity contribution in [3.05, 3.63) is 0 Å². The molecule has 4 heteroatoms. The molecule has 1 unspecified atom stereocenters. The number of piperidine rings is 1. The molecule has 0 amide bonds. The number of nitrogens with one attached hydrogen (secondary N) is 1. The van der Waals surface area contributed by atoms with E-state index in [0.29, 0.717) is 19.4 Å². The van der Waals surface area contributed by atoms with Gasteiger partial charge in [0.15, 0.2) is 0 Å². The van der Waals surface area contributed by atoms with Gasteiger partial charge in [0, 0.05) is 0 Å². The van der Waals surface area contributed by atoms with Crippen LogP contribution in [0.4, 0.5) is 0 Å². The summed E-state index contributed by atoms with van der Waals surface area (Å²) in [4.78, 5) is 10.9. The molecule has 1 fully saturated rings. The number of methoxy groups -OCH3 is 1. The molecule has 1 heterocycles. The molecule has 0 aromatic heterocycles. The molecule has 0 saturated carbocycles. The van der Waals surface area contributed by atoms with E-state index in [0.717, 1.165) is 0 Å². The summed E-state index contributed by atoms with van der Waals surface area (Å²) in [6.07, 6.45) is 0.820. The summed E-state index contributed by atoms with van der Waals surface area (Å²) in [5.74, 6) is -0.288. The van der Waals surface area contributed by atoms with Gasteiger partial charge in [-0.2, -0.15) is 0 Å². The van der Waals surface area contributed by atoms with E-state index in [1.807, 2.05) is 0 Å². The lowest BCUT2D eigenvalue weighted by atomic mass is 10.0. The zero-order valence-electron chi connectivity index (χ0n) is 6.54. The Morgan fingerprint density at radius 3 is 3.00 bits per heavy atom. The van der Waals surface area contributed by atoms with Crippen LogP contribution in [-0.2, 0) is 9.53 Å². The summed E-state index contributed by atoms with van der Waals surface area (Å²) in [6.45, 7) is 0.681. The Balaban J connectivity index is 2.39. The van der Waals surface area contributed by atoms with E-state index in [1.165, 1.54) is 7.11 Å². The molecule has 2 N–H and O–H groups in total. The summed E-state index contributed by atoms with van der Waals surface area (Å²) < 4.78 is 4.53. The molecule has 0 aromatic rings. The molecule has 64 valence electrons. The monoisotopic (exact) mass is 159 g/mol. The first-order valence-corrected chi connectivity index (χ1v) is 3.73. The minimum absolute atomic E-state index is 0.288. The van der Waals surface area contributed by atoms with Gasteiger partial charge in [-0.15, -0.1) is 0 Å². The zero-order chi connectivity index (χ0) is 8.27. The smallest absolute Gasteiger partial charge is 0.322 e. The zero-order valence-corrected chi connectivity index (χ0v) is 6.54. The van der Waals surface area contributed by atoms with Crippen molar-refractivity contribution >= 4 is 5.97 Å². The first-order chi connectivity index (χ1) is 5.24. The molecule has 0 aromatic carbocycles. The highest BCUT2D eigenvalue weighted by atomic mass is 16.5. The number of carbonyl (C=O) groups is 1. The van der Waals surface area contributed by atoms with E-state index in [-0.39, 0.29) is 18.1 Å². The number of hydrogen-bond donors (Lipinski definition) is 2. The molecule has 1 rings (SSSR count). The van der Waals surface area contributed by atoms with Gasteiger partial charge >= 0.3 is 5.97 Å². The minimum atomic E-state index is -0.361. The first kappa shape index (κ1) is 8.49. The lowest BCUT2D eigenvalue weighted by Crippen LogP contribution is -2.45. The highest BCUT2D eigenvalue weighted by Gasteiger charge is 2.25. The molecule has 0 spiro atoms. The molecule has 11 heavy (non-hydrogen) atoms. The van der Waals surface area contributed by atoms with E-state index in [9.17, 15) is 9.90 Å². The van der Waals surface area contributed by atoms with Crippen molar-refractivity contribution in [2.24, 2.45) is 0 Å². The van der Waals surface area contributed by atoms with Crippen molar-refractivity contribution in [1.29, 1.82) is 0 Å². The predicted molar refractivity (Wildman–Crippen MR) is 39.0 cm³/mol. The Morgan fingerprint density at radius 2 is 2.45 bits per heavy atom. The summed E-state index contributed by atoms with van der Waals surface area (Å²) >= 11 is 0. The van der Waals surface area contributed by atoms with Gasteiger partial charge in [0.1, 0.15) is 6.04 Å². The fourth-order valence-corrected chi connectivity index (χ4v) is 1.22. The van der Waals surface area contributed by atoms with Crippen molar-refractivity contribution in [3.8, 4) is 0 Å². The number of aliphatic hydroxyl groups excluding tert-OH is 1. The molecule has 0 bridgehead atoms. The van der Waals surface area contributed by atoms with Crippen LogP contribution in [0.5, 0.6) is 0 Å². The molecule has 0 aliphatic carbocycles. The lowest BCUT2D eigenvalue weighted by molar-refractivity contribution is -0.144. The normalized spacial score (nSPS) is 31.5. The molecular formula is C7H13NO3. The second kappa shape index (κ2) is 3.69. The lowest BCUT2D eigenvalue weighted by Gasteiger charge is -2.24. The van der Waals surface area contributed by atoms with E-state index >= 15 is 0 Å². The summed E-state index contributed by atoms with van der Waals surface area (Å²) in [7, 11) is 1.35. The van der Waals surface area contributed by atoms with Crippen molar-refractivity contribution < 1.29 is 14.6 Å². The Kier molecular flexibility index (Phi) is 2.84. The van der Waals surface area contributed by atoms with E-state index in [2.05, 4.69) is 10.1 Å². The predicted octanol–water partition coefficient (Wildman–Crippen LogP) is -0.728. The number of esters is 1. The van der Waals surface area contributed by atoms with Gasteiger partial charge in [-0.25, -0.2) is 0 Å². The fourth-order valence-electron chi connectivity index (χ4n) is 1.22. The van der Waals surface area contributed by atoms with Gasteiger partial charge < -0.3 is 15.2 Å². The third-order valence-electron chi connectivity index (χ3n) is 1.86. The first-order valence-electron chi connectivity index (χ1n) is 3.73. The molecule has 0 radical (unpaired) electrons. The highest BCUT2D eigenvalue weighted by molar-refractivity contribution is 5.75. The standard InChI is InChI=1S/C7H13NO3/c1-11-7(10)6-4-5(9)2-3-8-6/h5-6,8-9H,2-4H2,1H3/t5-,6?/m1/s1. The van der Waals surface area contributed by atoms with Gasteiger partial charge in [-0.05, 0) is 19.4 Å². The average Bonchev–Trinajstić information content (AvgIpc) is 2.03. The van der Waals surface area contributed by atoms with Crippen LogP contribution >= 0.6 is 0 Å². The van der Waals surface area contributed by atoms with Crippen LogP contribution in [0.2, 0.25) is 0 Å². The van der Waals surface area contributed by atoms with E-state index in [4.69, 9.17) is 0 Å². The molecule has 1 aliphatic heterocycles. The fraction of sp³-hybridized carbons (Fsp3) is 0.857. The molecular weight excluding hydrogens is 146 g/mol. The second-order valence-electron chi connectivity index (χ2n) is 2.71. The largest absolute Gasteiger partial charge is 0.468 e. The van der Waals surface area contributed by atoms with Crippen molar-refractivity contribution in [1.82, 2.24) is 5.32 Å². The van der Waals surface area contributed by atoms with Crippen LogP contribution < -0.4 is 5.32 Å². The summed E-state index contributed by atoms with van der Waals surface area (Å²) in [5, 5.41) is 12.1. The van der Waals surface area contributed by atoms with Crippen LogP contribution in [0, 0.1) is 0 Å². The minimum Gasteiger partial charge on any atom is -0.468 e. The Labute approximate surface area is 65.5 Å². The van der Waals surface area contributed by atoms with Crippen LogP contribution in [0.3, 0.4) is 0 Å². The van der Waals surface area contributed by atoms with Gasteiger partial charge in [0.05, 0.1) is 13.2 Å². The van der Waals surface area contributed by atoms with Gasteiger partial charge in [0.25, 0.3) is 0 Å². The number of aliphatic hydroxyl groups is 1. The molecule has 4 nitrogen and oxygen atoms in total. The highest BCUT2D eigenvalue weighted by Crippen LogP contribution is 2.08. The number of hydrogen-bond acceptors (Lipinski definition) is 4. The maximum Gasteiger partial charge on any atom is 0.322 e. The second-order valence-corrected chi connectivity index (χ2v) is 2.71. The van der Waals surface area contributed by atoms with Crippen molar-refractivity contribution in [2.75, 3.05) is 13.7 Å². The molecule has 2 atom stereocenters. The summed E-state index contributed by atoms with van der Waals surface area (Å²) in [6, 6.07) is -0.316. The van der Waals surface area contributed by atoms with Crippen molar-refractivity contribution in [2.45, 2.75) is 25.0 Å². The number of carbonyl (C=O) groups excluding carboxylic acids is 1. The number of rotatable bonds is 1. The van der Waals surface area contributed by atoms with Crippen LogP contribution in [-0.4, -0.2) is 36.9 Å². The van der Waals surface area contributed by atoms with Crippen LogP contribution in [0.25, 0.3) is 0 Å². The quantitative estimate of drug-likeness (QED) is 0.495. The van der Waals surface area contributed by atoms with Gasteiger partial charge in [-0.1, -0.05) is 0 Å². The maximum absolute atomic E-state index is 10.9. The third-order valence-corrected chi connectivity index (χ3v) is 1.86. The summed E-state index contributed by atoms with van der Waals surface area (Å²) in [5.41, 5.74) is 0. The Hall–Kier alpha value is -0.610. The average molecular weight is 159 g/mol. The molecule has 1 aliphatic rings. The Morgan fingerprint density at radius 1 is 1.73 bits per heavy atom. The molecule has 1 saturated heterocycles. The van der Waals surface area contributed by atoms with E-state index in [1.54, 1.807) is 0 Å². The number of ether oxygens (including phenoxy) is 1. The third kappa shape index (κ3) is 2.17.